The Bertz CT molecular complexity index is 1820. The second-order valence-corrected chi connectivity index (χ2v) is 11.3. The minimum atomic E-state index is -0.820. The van der Waals surface area contributed by atoms with Gasteiger partial charge in [-0.3, -0.25) is 0 Å². The summed E-state index contributed by atoms with van der Waals surface area (Å²) in [5.74, 6) is -0.738. The number of carbonyl (C=O) groups is 1. The van der Waals surface area contributed by atoms with Crippen LogP contribution in [0.25, 0.3) is 0 Å². The number of nitrogens with zero attached hydrogens (tertiary/aromatic N) is 3. The molecule has 6 rings (SSSR count). The van der Waals surface area contributed by atoms with E-state index in [1.165, 1.54) is 11.3 Å². The molecule has 0 saturated heterocycles. The van der Waals surface area contributed by atoms with Crippen LogP contribution in [0.3, 0.4) is 0 Å². The highest BCUT2D eigenvalue weighted by Crippen LogP contribution is 2.40. The summed E-state index contributed by atoms with van der Waals surface area (Å²) in [4.78, 5) is 23.9. The zero-order valence-corrected chi connectivity index (χ0v) is 26.1. The zero-order chi connectivity index (χ0) is 32.3. The van der Waals surface area contributed by atoms with E-state index in [1.54, 1.807) is 5.38 Å². The Morgan fingerprint density at radius 1 is 0.745 bits per heavy atom. The lowest BCUT2D eigenvalue weighted by Gasteiger charge is -2.36. The van der Waals surface area contributed by atoms with Crippen LogP contribution >= 0.6 is 11.3 Å². The number of oxime groups is 1. The molecule has 0 aliphatic heterocycles. The van der Waals surface area contributed by atoms with E-state index in [1.807, 2.05) is 121 Å². The molecule has 0 aliphatic carbocycles. The molecule has 0 atom stereocenters. The molecule has 0 spiro atoms. The van der Waals surface area contributed by atoms with Gasteiger partial charge in [-0.05, 0) is 27.8 Å². The van der Waals surface area contributed by atoms with Crippen LogP contribution in [0.2, 0.25) is 0 Å². The molecule has 0 aliphatic rings. The molecule has 7 nitrogen and oxygen atoms in total. The Kier molecular flexibility index (Phi) is 9.77. The van der Waals surface area contributed by atoms with E-state index >= 15 is 0 Å². The van der Waals surface area contributed by atoms with Crippen LogP contribution in [-0.4, -0.2) is 23.3 Å². The van der Waals surface area contributed by atoms with E-state index in [0.717, 1.165) is 27.8 Å². The van der Waals surface area contributed by atoms with Gasteiger partial charge in [0.05, 0.1) is 0 Å². The molecule has 0 bridgehead atoms. The first-order valence-electron chi connectivity index (χ1n) is 15.0. The van der Waals surface area contributed by atoms with E-state index < -0.39 is 17.6 Å². The third-order valence-corrected chi connectivity index (χ3v) is 8.33. The average Bonchev–Trinajstić information content (AvgIpc) is 3.61. The second kappa shape index (κ2) is 14.8. The summed E-state index contributed by atoms with van der Waals surface area (Å²) in [5, 5.41) is 19.1. The van der Waals surface area contributed by atoms with Crippen LogP contribution in [0.5, 0.6) is 0 Å². The Morgan fingerprint density at radius 3 is 1.64 bits per heavy atom. The smallest absolute Gasteiger partial charge is 0.363 e. The molecule has 0 amide bonds. The molecular formula is C39H30N4O3S. The monoisotopic (exact) mass is 634 g/mol. The maximum Gasteiger partial charge on any atom is 0.363 e. The fraction of sp³-hybridized carbons (Fsp3) is 0.0769. The average molecular weight is 635 g/mol. The summed E-state index contributed by atoms with van der Waals surface area (Å²) in [7, 11) is 0. The lowest BCUT2D eigenvalue weighted by Crippen LogP contribution is -2.38. The third kappa shape index (κ3) is 6.96. The Labute approximate surface area is 277 Å². The van der Waals surface area contributed by atoms with Gasteiger partial charge in [0.15, 0.2) is 11.2 Å². The van der Waals surface area contributed by atoms with Gasteiger partial charge in [0.25, 0.3) is 0 Å². The van der Waals surface area contributed by atoms with Gasteiger partial charge in [0.1, 0.15) is 17.3 Å². The summed E-state index contributed by atoms with van der Waals surface area (Å²) >= 11 is 1.33. The molecular weight excluding hydrogens is 605 g/mol. The highest BCUT2D eigenvalue weighted by molar-refractivity contribution is 7.14. The highest BCUT2D eigenvalue weighted by atomic mass is 32.1. The third-order valence-electron chi connectivity index (χ3n) is 7.57. The van der Waals surface area contributed by atoms with E-state index in [2.05, 4.69) is 46.9 Å². The van der Waals surface area contributed by atoms with Gasteiger partial charge in [-0.25, -0.2) is 9.78 Å². The fourth-order valence-electron chi connectivity index (χ4n) is 5.44. The number of nitriles is 1. The first-order valence-corrected chi connectivity index (χ1v) is 15.9. The van der Waals surface area contributed by atoms with Gasteiger partial charge in [-0.2, -0.15) is 5.26 Å². The van der Waals surface area contributed by atoms with Gasteiger partial charge < -0.3 is 14.9 Å². The molecule has 1 heterocycles. The number of rotatable bonds is 12. The molecule has 0 saturated carbocycles. The van der Waals surface area contributed by atoms with Gasteiger partial charge >= 0.3 is 5.97 Å². The Balaban J connectivity index is 1.39. The number of nitrogens with one attached hydrogen (secondary N) is 1. The van der Waals surface area contributed by atoms with Crippen molar-refractivity contribution in [2.24, 2.45) is 5.16 Å². The number of aromatic nitrogens is 1. The van der Waals surface area contributed by atoms with E-state index in [-0.39, 0.29) is 18.0 Å². The van der Waals surface area contributed by atoms with Gasteiger partial charge in [-0.1, -0.05) is 157 Å². The predicted molar refractivity (Wildman–Crippen MR) is 184 cm³/mol. The summed E-state index contributed by atoms with van der Waals surface area (Å²) in [6, 6.07) is 51.3. The number of esters is 1. The first-order chi connectivity index (χ1) is 23.2. The predicted octanol–water partition coefficient (Wildman–Crippen LogP) is 8.12. The SMILES string of the molecule is N#CCON=C(C(=O)OC(c1ccccc1)c1ccccc1)c1csc(NC(c2ccccc2)(c2ccccc2)c2ccccc2)n1. The number of anilines is 1. The Hall–Kier alpha value is -6.04. The molecule has 0 fully saturated rings. The molecule has 6 aromatic rings. The molecule has 0 unspecified atom stereocenters. The van der Waals surface area contributed by atoms with Crippen LogP contribution < -0.4 is 5.32 Å². The normalized spacial score (nSPS) is 11.4. The second-order valence-electron chi connectivity index (χ2n) is 10.5. The largest absolute Gasteiger partial charge is 0.448 e. The van der Waals surface area contributed by atoms with Crippen molar-refractivity contribution >= 4 is 28.1 Å². The summed E-state index contributed by atoms with van der Waals surface area (Å²) in [6.45, 7) is -0.341. The van der Waals surface area contributed by atoms with Gasteiger partial charge in [-0.15, -0.1) is 11.3 Å². The van der Waals surface area contributed by atoms with Gasteiger partial charge in [0, 0.05) is 5.38 Å². The van der Waals surface area contributed by atoms with Crippen LogP contribution in [0.15, 0.2) is 162 Å². The lowest BCUT2D eigenvalue weighted by atomic mass is 9.77. The molecule has 230 valence electrons. The van der Waals surface area contributed by atoms with Crippen molar-refractivity contribution in [3.05, 3.63) is 191 Å². The van der Waals surface area contributed by atoms with Crippen LogP contribution in [0, 0.1) is 11.3 Å². The number of hydrogen-bond donors (Lipinski definition) is 1. The maximum absolute atomic E-state index is 13.9. The van der Waals surface area contributed by atoms with Crippen LogP contribution in [-0.2, 0) is 19.9 Å². The Morgan fingerprint density at radius 2 is 1.19 bits per heavy atom. The molecule has 5 aromatic carbocycles. The summed E-state index contributed by atoms with van der Waals surface area (Å²) in [6.07, 6.45) is -0.704. The molecule has 1 aromatic heterocycles. The highest BCUT2D eigenvalue weighted by Gasteiger charge is 2.37. The number of thiazole rings is 1. The molecule has 47 heavy (non-hydrogen) atoms. The fourth-order valence-corrected chi connectivity index (χ4v) is 6.19. The van der Waals surface area contributed by atoms with Crippen molar-refractivity contribution in [3.8, 4) is 6.07 Å². The van der Waals surface area contributed by atoms with Crippen LogP contribution in [0.1, 0.15) is 39.6 Å². The first kappa shape index (κ1) is 31.0. The summed E-state index contributed by atoms with van der Waals surface area (Å²) < 4.78 is 6.10. The van der Waals surface area contributed by atoms with E-state index in [4.69, 9.17) is 19.8 Å². The topological polar surface area (TPSA) is 96.6 Å². The van der Waals surface area contributed by atoms with Crippen molar-refractivity contribution in [2.75, 3.05) is 11.9 Å². The summed E-state index contributed by atoms with van der Waals surface area (Å²) in [5.41, 5.74) is 3.90. The minimum Gasteiger partial charge on any atom is -0.448 e. The molecule has 1 N–H and O–H groups in total. The lowest BCUT2D eigenvalue weighted by molar-refractivity contribution is -0.139. The van der Waals surface area contributed by atoms with E-state index in [9.17, 15) is 4.79 Å². The van der Waals surface area contributed by atoms with Crippen molar-refractivity contribution < 1.29 is 14.4 Å². The van der Waals surface area contributed by atoms with Crippen molar-refractivity contribution in [1.29, 1.82) is 5.26 Å². The van der Waals surface area contributed by atoms with Crippen LogP contribution in [0.4, 0.5) is 5.13 Å². The maximum atomic E-state index is 13.9. The van der Waals surface area contributed by atoms with Crippen molar-refractivity contribution in [1.82, 2.24) is 4.98 Å². The number of hydrogen-bond acceptors (Lipinski definition) is 8. The van der Waals surface area contributed by atoms with Crippen molar-refractivity contribution in [3.63, 3.8) is 0 Å². The quantitative estimate of drug-likeness (QED) is 0.0480. The molecule has 8 heteroatoms. The number of benzene rings is 5. The van der Waals surface area contributed by atoms with Gasteiger partial charge in [0.2, 0.25) is 12.3 Å². The van der Waals surface area contributed by atoms with Crippen molar-refractivity contribution in [2.45, 2.75) is 11.6 Å². The zero-order valence-electron chi connectivity index (χ0n) is 25.3. The standard InChI is InChI=1S/C39H30N4O3S/c40-26-27-45-43-35(37(44)46-36(29-16-6-1-7-17-29)30-18-8-2-9-19-30)34-28-47-38(41-34)42-39(31-20-10-3-11-21-31,32-22-12-4-13-23-32)33-24-14-5-15-25-33/h1-25,28,36H,27H2,(H,41,42). The van der Waals surface area contributed by atoms with E-state index in [0.29, 0.717) is 5.13 Å². The number of carbonyl (C=O) groups excluding carboxylic acids is 1. The number of ether oxygens (including phenoxy) is 1. The minimum absolute atomic E-state index is 0.147. The molecule has 0 radical (unpaired) electrons.